The fourth-order valence-electron chi connectivity index (χ4n) is 3.59. The Labute approximate surface area is 102 Å². The largest absolute Gasteiger partial charge is 0.144 e. The molecular formula is C13H22S2. The lowest BCUT2D eigenvalue weighted by Crippen LogP contribution is -2.38. The van der Waals surface area contributed by atoms with E-state index in [9.17, 15) is 0 Å². The van der Waals surface area contributed by atoms with Crippen LogP contribution in [-0.2, 0) is 0 Å². The van der Waals surface area contributed by atoms with E-state index in [0.29, 0.717) is 4.08 Å². The number of hydrogen-bond acceptors (Lipinski definition) is 2. The summed E-state index contributed by atoms with van der Waals surface area (Å²) in [6, 6.07) is 0. The molecule has 1 spiro atoms. The molecule has 0 radical (unpaired) electrons. The van der Waals surface area contributed by atoms with Crippen molar-refractivity contribution in [1.82, 2.24) is 0 Å². The highest BCUT2D eigenvalue weighted by molar-refractivity contribution is 8.18. The van der Waals surface area contributed by atoms with E-state index in [2.05, 4.69) is 23.5 Å². The van der Waals surface area contributed by atoms with Gasteiger partial charge in [-0.25, -0.2) is 0 Å². The summed E-state index contributed by atoms with van der Waals surface area (Å²) in [4.78, 5) is 0. The standard InChI is InChI=1S/C13H22S2/c1-2-6-12-10-15-13(9-11(12)5-1)7-3-4-8-14-13/h11-12H,1-10H2/t11-,12-,13-/m1/s1. The molecule has 15 heavy (non-hydrogen) atoms. The molecule has 0 bridgehead atoms. The molecule has 0 unspecified atom stereocenters. The van der Waals surface area contributed by atoms with Crippen LogP contribution in [0.3, 0.4) is 0 Å². The summed E-state index contributed by atoms with van der Waals surface area (Å²) in [5.41, 5.74) is 0. The quantitative estimate of drug-likeness (QED) is 0.611. The van der Waals surface area contributed by atoms with Crippen LogP contribution in [0, 0.1) is 11.8 Å². The Kier molecular flexibility index (Phi) is 3.26. The molecule has 2 aliphatic heterocycles. The van der Waals surface area contributed by atoms with Crippen molar-refractivity contribution in [2.75, 3.05) is 11.5 Å². The number of rotatable bonds is 0. The summed E-state index contributed by atoms with van der Waals surface area (Å²) in [6.07, 6.45) is 12.2. The van der Waals surface area contributed by atoms with Gasteiger partial charge < -0.3 is 0 Å². The average Bonchev–Trinajstić information content (AvgIpc) is 2.30. The van der Waals surface area contributed by atoms with Crippen molar-refractivity contribution in [2.24, 2.45) is 11.8 Å². The zero-order chi connectivity index (χ0) is 10.1. The second kappa shape index (κ2) is 4.52. The van der Waals surface area contributed by atoms with E-state index in [1.54, 1.807) is 19.3 Å². The minimum atomic E-state index is 0.677. The Morgan fingerprint density at radius 1 is 0.867 bits per heavy atom. The van der Waals surface area contributed by atoms with E-state index in [0.717, 1.165) is 11.8 Å². The van der Waals surface area contributed by atoms with Gasteiger partial charge in [0, 0.05) is 0 Å². The smallest absolute Gasteiger partial charge is 0.0613 e. The lowest BCUT2D eigenvalue weighted by atomic mass is 9.77. The average molecular weight is 242 g/mol. The fraction of sp³-hybridized carbons (Fsp3) is 1.00. The number of fused-ring (bicyclic) bond motifs is 1. The third-order valence-electron chi connectivity index (χ3n) is 4.52. The highest BCUT2D eigenvalue weighted by Crippen LogP contribution is 2.56. The Hall–Kier alpha value is 0.700. The van der Waals surface area contributed by atoms with Crippen LogP contribution in [0.5, 0.6) is 0 Å². The molecule has 0 amide bonds. The molecule has 2 saturated heterocycles. The highest BCUT2D eigenvalue weighted by atomic mass is 32.2. The van der Waals surface area contributed by atoms with E-state index in [-0.39, 0.29) is 0 Å². The predicted molar refractivity (Wildman–Crippen MR) is 71.6 cm³/mol. The molecule has 3 aliphatic rings. The van der Waals surface area contributed by atoms with Gasteiger partial charge in [0.2, 0.25) is 0 Å². The molecule has 0 aromatic carbocycles. The van der Waals surface area contributed by atoms with Gasteiger partial charge >= 0.3 is 0 Å². The van der Waals surface area contributed by atoms with Gasteiger partial charge in [0.25, 0.3) is 0 Å². The van der Waals surface area contributed by atoms with E-state index in [1.165, 1.54) is 43.6 Å². The maximum absolute atomic E-state index is 2.34. The third kappa shape index (κ3) is 2.22. The number of hydrogen-bond donors (Lipinski definition) is 0. The zero-order valence-corrected chi connectivity index (χ0v) is 11.2. The van der Waals surface area contributed by atoms with Crippen LogP contribution in [0.15, 0.2) is 0 Å². The lowest BCUT2D eigenvalue weighted by molar-refractivity contribution is 0.227. The van der Waals surface area contributed by atoms with Crippen LogP contribution in [0.2, 0.25) is 0 Å². The first-order valence-electron chi connectivity index (χ1n) is 6.66. The summed E-state index contributed by atoms with van der Waals surface area (Å²) < 4.78 is 0.677. The highest BCUT2D eigenvalue weighted by Gasteiger charge is 2.43. The predicted octanol–water partition coefficient (Wildman–Crippen LogP) is 4.54. The molecule has 3 fully saturated rings. The molecular weight excluding hydrogens is 220 g/mol. The van der Waals surface area contributed by atoms with Gasteiger partial charge in [-0.15, -0.1) is 23.5 Å². The molecule has 0 N–H and O–H groups in total. The van der Waals surface area contributed by atoms with Crippen LogP contribution in [0.4, 0.5) is 0 Å². The second-order valence-corrected chi connectivity index (χ2v) is 8.68. The molecule has 0 aromatic rings. The molecule has 2 heteroatoms. The summed E-state index contributed by atoms with van der Waals surface area (Å²) in [5, 5.41) is 0. The Balaban J connectivity index is 1.68. The summed E-state index contributed by atoms with van der Waals surface area (Å²) >= 11 is 4.64. The molecule has 1 saturated carbocycles. The van der Waals surface area contributed by atoms with Gasteiger partial charge in [0.05, 0.1) is 4.08 Å². The molecule has 86 valence electrons. The van der Waals surface area contributed by atoms with Crippen LogP contribution >= 0.6 is 23.5 Å². The number of thioether (sulfide) groups is 2. The van der Waals surface area contributed by atoms with Crippen LogP contribution in [-0.4, -0.2) is 15.6 Å². The summed E-state index contributed by atoms with van der Waals surface area (Å²) in [7, 11) is 0. The van der Waals surface area contributed by atoms with Crippen molar-refractivity contribution in [3.8, 4) is 0 Å². The van der Waals surface area contributed by atoms with Gasteiger partial charge in [-0.3, -0.25) is 0 Å². The van der Waals surface area contributed by atoms with Gasteiger partial charge in [-0.1, -0.05) is 25.7 Å². The van der Waals surface area contributed by atoms with Crippen molar-refractivity contribution in [3.05, 3.63) is 0 Å². The van der Waals surface area contributed by atoms with Crippen LogP contribution in [0.1, 0.15) is 51.4 Å². The first-order chi connectivity index (χ1) is 7.38. The van der Waals surface area contributed by atoms with E-state index in [4.69, 9.17) is 0 Å². The van der Waals surface area contributed by atoms with Gasteiger partial charge in [-0.2, -0.15) is 0 Å². The second-order valence-electron chi connectivity index (χ2n) is 5.54. The molecule has 3 rings (SSSR count). The molecule has 3 atom stereocenters. The SMILES string of the molecule is C1CC[C@@]2(C[C@H]3CCCC[C@@H]3CS2)SC1. The topological polar surface area (TPSA) is 0 Å². The lowest BCUT2D eigenvalue weighted by Gasteiger charge is -2.47. The third-order valence-corrected chi connectivity index (χ3v) is 8.11. The normalized spacial score (nSPS) is 46.4. The minimum Gasteiger partial charge on any atom is -0.144 e. The van der Waals surface area contributed by atoms with Crippen molar-refractivity contribution in [2.45, 2.75) is 55.4 Å². The minimum absolute atomic E-state index is 0.677. The monoisotopic (exact) mass is 242 g/mol. The summed E-state index contributed by atoms with van der Waals surface area (Å²) in [5.74, 6) is 5.12. The first kappa shape index (κ1) is 10.8. The fourth-order valence-corrected chi connectivity index (χ4v) is 7.30. The maximum Gasteiger partial charge on any atom is 0.0613 e. The van der Waals surface area contributed by atoms with Crippen molar-refractivity contribution >= 4 is 23.5 Å². The molecule has 1 aliphatic carbocycles. The maximum atomic E-state index is 2.34. The van der Waals surface area contributed by atoms with Crippen molar-refractivity contribution in [3.63, 3.8) is 0 Å². The van der Waals surface area contributed by atoms with E-state index < -0.39 is 0 Å². The Morgan fingerprint density at radius 3 is 2.53 bits per heavy atom. The van der Waals surface area contributed by atoms with Gasteiger partial charge in [0.15, 0.2) is 0 Å². The van der Waals surface area contributed by atoms with Gasteiger partial charge in [-0.05, 0) is 49.0 Å². The van der Waals surface area contributed by atoms with Crippen molar-refractivity contribution < 1.29 is 0 Å². The van der Waals surface area contributed by atoms with Crippen LogP contribution in [0.25, 0.3) is 0 Å². The molecule has 0 aromatic heterocycles. The Bertz CT molecular complexity index is 221. The van der Waals surface area contributed by atoms with Crippen LogP contribution < -0.4 is 0 Å². The summed E-state index contributed by atoms with van der Waals surface area (Å²) in [6.45, 7) is 0. The zero-order valence-electron chi connectivity index (χ0n) is 9.54. The molecule has 2 heterocycles. The Morgan fingerprint density at radius 2 is 1.73 bits per heavy atom. The van der Waals surface area contributed by atoms with E-state index >= 15 is 0 Å². The molecule has 0 nitrogen and oxygen atoms in total. The first-order valence-corrected chi connectivity index (χ1v) is 8.63. The van der Waals surface area contributed by atoms with E-state index in [1.807, 2.05) is 0 Å². The van der Waals surface area contributed by atoms with Gasteiger partial charge in [0.1, 0.15) is 0 Å². The van der Waals surface area contributed by atoms with Crippen molar-refractivity contribution in [1.29, 1.82) is 0 Å².